The molecule has 56 heavy (non-hydrogen) atoms. The molecule has 4 aromatic rings. The number of imide groups is 1. The number of fused-ring (bicyclic) bond motifs is 2. The Morgan fingerprint density at radius 1 is 0.821 bits per heavy atom. The fourth-order valence-electron chi connectivity index (χ4n) is 9.12. The molecule has 0 saturated carbocycles. The Kier molecular flexibility index (Phi) is 10.8. The van der Waals surface area contributed by atoms with Gasteiger partial charge >= 0.3 is 0 Å². The van der Waals surface area contributed by atoms with Crippen LogP contribution in [0.3, 0.4) is 0 Å². The van der Waals surface area contributed by atoms with Crippen LogP contribution in [0.4, 0.5) is 11.4 Å². The van der Waals surface area contributed by atoms with Crippen LogP contribution in [-0.4, -0.2) is 104 Å². The zero-order chi connectivity index (χ0) is 38.8. The van der Waals surface area contributed by atoms with Crippen molar-refractivity contribution in [2.24, 2.45) is 5.92 Å². The number of aromatic hydroxyl groups is 1. The molecule has 4 aliphatic rings. The van der Waals surface area contributed by atoms with Crippen molar-refractivity contribution in [1.29, 1.82) is 0 Å². The zero-order valence-electron chi connectivity index (χ0n) is 31.8. The Hall–Kier alpha value is -5.68. The highest BCUT2D eigenvalue weighted by atomic mass is 16.5. The van der Waals surface area contributed by atoms with Crippen LogP contribution in [-0.2, 0) is 9.59 Å². The van der Waals surface area contributed by atoms with Crippen molar-refractivity contribution in [1.82, 2.24) is 15.1 Å². The van der Waals surface area contributed by atoms with Gasteiger partial charge in [-0.3, -0.25) is 24.2 Å². The van der Waals surface area contributed by atoms with Gasteiger partial charge in [-0.25, -0.2) is 0 Å². The molecule has 8 rings (SSSR count). The van der Waals surface area contributed by atoms with Crippen LogP contribution in [0.5, 0.6) is 11.5 Å². The number of piperidine rings is 1. The number of carbonyl (C=O) groups is 4. The number of benzene rings is 4. The first-order chi connectivity index (χ1) is 27.3. The fraction of sp³-hybridized carbons (Fsp3) is 0.378. The maximum Gasteiger partial charge on any atom is 0.262 e. The van der Waals surface area contributed by atoms with Crippen molar-refractivity contribution in [3.05, 3.63) is 119 Å². The number of nitrogens with zero attached hydrogens (tertiary/aromatic N) is 4. The Labute approximate surface area is 327 Å². The van der Waals surface area contributed by atoms with Gasteiger partial charge in [0.25, 0.3) is 11.8 Å². The molecule has 0 aliphatic carbocycles. The van der Waals surface area contributed by atoms with Crippen LogP contribution in [0.2, 0.25) is 0 Å². The molecule has 2 N–H and O–H groups in total. The third kappa shape index (κ3) is 7.35. The van der Waals surface area contributed by atoms with Crippen molar-refractivity contribution < 1.29 is 29.0 Å². The van der Waals surface area contributed by atoms with Gasteiger partial charge in [-0.1, -0.05) is 48.5 Å². The van der Waals surface area contributed by atoms with E-state index in [0.29, 0.717) is 29.9 Å². The molecule has 3 unspecified atom stereocenters. The third-order valence-electron chi connectivity index (χ3n) is 12.2. The minimum atomic E-state index is -1.02. The molecule has 2 saturated heterocycles. The van der Waals surface area contributed by atoms with Crippen LogP contribution in [0, 0.1) is 5.92 Å². The number of rotatable bonds is 11. The van der Waals surface area contributed by atoms with Crippen LogP contribution in [0.1, 0.15) is 74.9 Å². The predicted molar refractivity (Wildman–Crippen MR) is 215 cm³/mol. The molecule has 3 amide bonds. The molecule has 0 bridgehead atoms. The number of carbonyl (C=O) groups excluding carboxylic acids is 4. The van der Waals surface area contributed by atoms with E-state index in [9.17, 15) is 24.3 Å². The second kappa shape index (κ2) is 16.2. The van der Waals surface area contributed by atoms with Gasteiger partial charge in [0.05, 0.1) is 17.7 Å². The van der Waals surface area contributed by atoms with Gasteiger partial charge in [-0.05, 0) is 72.7 Å². The first-order valence-corrected chi connectivity index (χ1v) is 19.8. The lowest BCUT2D eigenvalue weighted by atomic mass is 9.76. The topological polar surface area (TPSA) is 123 Å². The summed E-state index contributed by atoms with van der Waals surface area (Å²) in [4.78, 5) is 58.6. The first kappa shape index (κ1) is 37.3. The Balaban J connectivity index is 0.852. The number of phenolic OH excluding ortho intramolecular Hbond substituents is 1. The summed E-state index contributed by atoms with van der Waals surface area (Å²) in [6.07, 6.45) is 3.13. The van der Waals surface area contributed by atoms with Gasteiger partial charge in [0.2, 0.25) is 5.91 Å². The summed E-state index contributed by atoms with van der Waals surface area (Å²) < 4.78 is 6.17. The molecule has 0 spiro atoms. The SMILES string of the molecule is CNC(=O)C(CCC=O)N1C(=O)c2ccc(N3CCN(CC4CCN(c5ccc(C6c7ccc(O)cc7OCC6c6ccccc6)cc5)CC4)CC3)cc2C1=O. The van der Waals surface area contributed by atoms with Crippen molar-refractivity contribution in [3.63, 3.8) is 0 Å². The highest BCUT2D eigenvalue weighted by Crippen LogP contribution is 2.47. The molecule has 0 aromatic heterocycles. The minimum Gasteiger partial charge on any atom is -0.508 e. The summed E-state index contributed by atoms with van der Waals surface area (Å²) in [5, 5.41) is 12.7. The van der Waals surface area contributed by atoms with E-state index in [1.807, 2.05) is 18.2 Å². The molecule has 4 aliphatic heterocycles. The third-order valence-corrected chi connectivity index (χ3v) is 12.2. The Bertz CT molecular complexity index is 2070. The molecule has 4 aromatic carbocycles. The highest BCUT2D eigenvalue weighted by Gasteiger charge is 2.43. The van der Waals surface area contributed by atoms with Crippen molar-refractivity contribution >= 4 is 35.4 Å². The number of ether oxygens (including phenoxy) is 1. The lowest BCUT2D eigenvalue weighted by molar-refractivity contribution is -0.124. The molecule has 0 radical (unpaired) electrons. The maximum atomic E-state index is 13.4. The number of hydrogen-bond donors (Lipinski definition) is 2. The summed E-state index contributed by atoms with van der Waals surface area (Å²) in [7, 11) is 1.46. The van der Waals surface area contributed by atoms with E-state index in [2.05, 4.69) is 68.5 Å². The van der Waals surface area contributed by atoms with Gasteiger partial charge in [-0.15, -0.1) is 0 Å². The second-order valence-corrected chi connectivity index (χ2v) is 15.4. The summed E-state index contributed by atoms with van der Waals surface area (Å²) in [6, 6.07) is 29.4. The summed E-state index contributed by atoms with van der Waals surface area (Å²) >= 11 is 0. The second-order valence-electron chi connectivity index (χ2n) is 15.4. The van der Waals surface area contributed by atoms with E-state index in [1.54, 1.807) is 24.3 Å². The molecule has 4 heterocycles. The van der Waals surface area contributed by atoms with Crippen molar-refractivity contribution in [3.8, 4) is 11.5 Å². The molecular weight excluding hydrogens is 707 g/mol. The summed E-state index contributed by atoms with van der Waals surface area (Å²) in [6.45, 7) is 7.13. The Morgan fingerprint density at radius 3 is 2.23 bits per heavy atom. The smallest absolute Gasteiger partial charge is 0.262 e. The van der Waals surface area contributed by atoms with Gasteiger partial charge < -0.3 is 29.8 Å². The first-order valence-electron chi connectivity index (χ1n) is 19.8. The molecule has 11 nitrogen and oxygen atoms in total. The zero-order valence-corrected chi connectivity index (χ0v) is 31.8. The van der Waals surface area contributed by atoms with E-state index in [0.717, 1.165) is 80.6 Å². The molecular formula is C45H49N5O6. The van der Waals surface area contributed by atoms with Gasteiger partial charge in [0.1, 0.15) is 23.8 Å². The normalized spacial score (nSPS) is 20.6. The quantitative estimate of drug-likeness (QED) is 0.153. The number of hydrogen-bond acceptors (Lipinski definition) is 9. The lowest BCUT2D eigenvalue weighted by Gasteiger charge is -2.40. The number of anilines is 2. The van der Waals surface area contributed by atoms with E-state index < -0.39 is 23.8 Å². The number of piperazine rings is 1. The maximum absolute atomic E-state index is 13.4. The van der Waals surface area contributed by atoms with Crippen molar-refractivity contribution in [2.45, 2.75) is 43.6 Å². The van der Waals surface area contributed by atoms with E-state index >= 15 is 0 Å². The largest absolute Gasteiger partial charge is 0.508 e. The average Bonchev–Trinajstić information content (AvgIpc) is 3.49. The average molecular weight is 756 g/mol. The van der Waals surface area contributed by atoms with Gasteiger partial charge in [0.15, 0.2) is 0 Å². The Morgan fingerprint density at radius 2 is 1.52 bits per heavy atom. The standard InChI is InChI=1S/C45H49N5O6/c1-46-43(53)40(8-5-25-51)50-44(54)36-15-13-34(26-38(36)45(50)55)49-23-21-47(22-24-49)28-30-17-19-48(20-18-30)33-11-9-32(10-12-33)42-37-16-14-35(52)27-41(37)56-29-39(42)31-6-3-2-4-7-31/h2-4,6-7,9-16,25-27,30,39-40,42,52H,5,8,17-24,28-29H2,1H3,(H,46,53). The molecule has 2 fully saturated rings. The van der Waals surface area contributed by atoms with E-state index in [1.165, 1.54) is 23.9 Å². The van der Waals surface area contributed by atoms with Crippen LogP contribution < -0.4 is 19.9 Å². The van der Waals surface area contributed by atoms with Gasteiger partial charge in [0, 0.05) is 94.1 Å². The fourth-order valence-corrected chi connectivity index (χ4v) is 9.12. The molecule has 290 valence electrons. The van der Waals surface area contributed by atoms with Gasteiger partial charge in [-0.2, -0.15) is 0 Å². The molecule has 3 atom stereocenters. The monoisotopic (exact) mass is 755 g/mol. The van der Waals surface area contributed by atoms with E-state index in [-0.39, 0.29) is 30.4 Å². The number of phenols is 1. The summed E-state index contributed by atoms with van der Waals surface area (Å²) in [5.74, 6) is 0.432. The van der Waals surface area contributed by atoms with Crippen LogP contribution in [0.25, 0.3) is 0 Å². The van der Waals surface area contributed by atoms with Crippen molar-refractivity contribution in [2.75, 3.05) is 69.3 Å². The minimum absolute atomic E-state index is 0.0751. The summed E-state index contributed by atoms with van der Waals surface area (Å²) in [5.41, 5.74) is 6.34. The number of likely N-dealkylation sites (N-methyl/N-ethyl adjacent to an activating group) is 1. The number of aldehydes is 1. The van der Waals surface area contributed by atoms with Crippen LogP contribution >= 0.6 is 0 Å². The number of amides is 3. The number of nitrogens with one attached hydrogen (secondary N) is 1. The van der Waals surface area contributed by atoms with Crippen LogP contribution in [0.15, 0.2) is 91.0 Å². The van der Waals surface area contributed by atoms with E-state index in [4.69, 9.17) is 4.74 Å². The highest BCUT2D eigenvalue weighted by molar-refractivity contribution is 6.23. The predicted octanol–water partition coefficient (Wildman–Crippen LogP) is 5.43. The lowest BCUT2D eigenvalue weighted by Crippen LogP contribution is -2.49. The molecule has 11 heteroatoms.